The fourth-order valence-corrected chi connectivity index (χ4v) is 1.46. The number of benzene rings is 1. The third kappa shape index (κ3) is 2.97. The Labute approximate surface area is 104 Å². The maximum atomic E-state index is 13.4. The van der Waals surface area contributed by atoms with Gasteiger partial charge in [-0.1, -0.05) is 6.07 Å². The van der Waals surface area contributed by atoms with Gasteiger partial charge in [0.15, 0.2) is 0 Å². The van der Waals surface area contributed by atoms with Crippen molar-refractivity contribution in [2.45, 2.75) is 13.0 Å². The minimum Gasteiger partial charge on any atom is -0.507 e. The van der Waals surface area contributed by atoms with Crippen LogP contribution in [-0.4, -0.2) is 42.0 Å². The van der Waals surface area contributed by atoms with Crippen molar-refractivity contribution in [2.24, 2.45) is 0 Å². The molecule has 2 amide bonds. The molecule has 0 saturated heterocycles. The molecule has 0 aromatic heterocycles. The van der Waals surface area contributed by atoms with Crippen molar-refractivity contribution in [3.63, 3.8) is 0 Å². The molecule has 18 heavy (non-hydrogen) atoms. The van der Waals surface area contributed by atoms with Crippen molar-refractivity contribution in [1.29, 1.82) is 0 Å². The van der Waals surface area contributed by atoms with E-state index in [0.717, 1.165) is 6.07 Å². The number of carbonyl (C=O) groups excluding carboxylic acids is 2. The van der Waals surface area contributed by atoms with E-state index in [9.17, 15) is 19.1 Å². The van der Waals surface area contributed by atoms with Gasteiger partial charge in [0.05, 0.1) is 0 Å². The topological polar surface area (TPSA) is 69.6 Å². The van der Waals surface area contributed by atoms with Crippen molar-refractivity contribution in [3.05, 3.63) is 29.6 Å². The largest absolute Gasteiger partial charge is 0.507 e. The Morgan fingerprint density at radius 1 is 1.39 bits per heavy atom. The number of hydrogen-bond donors (Lipinski definition) is 2. The van der Waals surface area contributed by atoms with E-state index in [4.69, 9.17) is 0 Å². The molecule has 0 fully saturated rings. The van der Waals surface area contributed by atoms with Crippen molar-refractivity contribution >= 4 is 11.8 Å². The number of aromatic hydroxyl groups is 1. The first-order valence-corrected chi connectivity index (χ1v) is 5.34. The van der Waals surface area contributed by atoms with E-state index in [0.29, 0.717) is 0 Å². The van der Waals surface area contributed by atoms with Crippen LogP contribution in [0.4, 0.5) is 4.39 Å². The standard InChI is InChI=1S/C12H15FN2O3/c1-7(12(18)15(2)3)14-11(17)10-8(13)5-4-6-9(10)16/h4-7,16H,1-3H3,(H,14,17). The Balaban J connectivity index is 2.87. The maximum Gasteiger partial charge on any atom is 0.258 e. The van der Waals surface area contributed by atoms with E-state index in [1.807, 2.05) is 0 Å². The third-order valence-electron chi connectivity index (χ3n) is 2.38. The summed E-state index contributed by atoms with van der Waals surface area (Å²) >= 11 is 0. The molecule has 2 N–H and O–H groups in total. The summed E-state index contributed by atoms with van der Waals surface area (Å²) in [6, 6.07) is 2.76. The van der Waals surface area contributed by atoms with E-state index in [-0.39, 0.29) is 5.91 Å². The van der Waals surface area contributed by atoms with Crippen LogP contribution in [-0.2, 0) is 4.79 Å². The smallest absolute Gasteiger partial charge is 0.258 e. The molecule has 0 radical (unpaired) electrons. The van der Waals surface area contributed by atoms with Gasteiger partial charge in [-0.2, -0.15) is 0 Å². The summed E-state index contributed by atoms with van der Waals surface area (Å²) in [4.78, 5) is 24.6. The first kappa shape index (κ1) is 14.0. The minimum atomic E-state index is -0.836. The normalized spacial score (nSPS) is 11.8. The molecule has 1 aromatic carbocycles. The van der Waals surface area contributed by atoms with Gasteiger partial charge in [-0.05, 0) is 19.1 Å². The molecule has 6 heteroatoms. The van der Waals surface area contributed by atoms with Crippen LogP contribution in [0.5, 0.6) is 5.75 Å². The maximum absolute atomic E-state index is 13.4. The van der Waals surface area contributed by atoms with Crippen LogP contribution < -0.4 is 5.32 Å². The zero-order chi connectivity index (χ0) is 13.9. The molecule has 1 unspecified atom stereocenters. The zero-order valence-corrected chi connectivity index (χ0v) is 10.4. The molecular formula is C12H15FN2O3. The molecule has 0 spiro atoms. The van der Waals surface area contributed by atoms with Gasteiger partial charge in [0.1, 0.15) is 23.2 Å². The second-order valence-electron chi connectivity index (χ2n) is 4.06. The average Bonchev–Trinajstić information content (AvgIpc) is 2.27. The molecule has 1 rings (SSSR count). The molecule has 1 atom stereocenters. The molecule has 0 bridgehead atoms. The summed E-state index contributed by atoms with van der Waals surface area (Å²) in [6.07, 6.45) is 0. The Hall–Kier alpha value is -2.11. The van der Waals surface area contributed by atoms with E-state index in [2.05, 4.69) is 5.32 Å². The van der Waals surface area contributed by atoms with Gasteiger partial charge in [-0.15, -0.1) is 0 Å². The van der Waals surface area contributed by atoms with Gasteiger partial charge in [0, 0.05) is 14.1 Å². The summed E-state index contributed by atoms with van der Waals surface area (Å²) in [5.74, 6) is -2.44. The number of carbonyl (C=O) groups is 2. The highest BCUT2D eigenvalue weighted by atomic mass is 19.1. The average molecular weight is 254 g/mol. The number of phenolic OH excluding ortho intramolecular Hbond substituents is 1. The van der Waals surface area contributed by atoms with Crippen molar-refractivity contribution in [3.8, 4) is 5.75 Å². The van der Waals surface area contributed by atoms with Gasteiger partial charge in [0.2, 0.25) is 5.91 Å². The predicted molar refractivity (Wildman–Crippen MR) is 63.7 cm³/mol. The second kappa shape index (κ2) is 5.48. The van der Waals surface area contributed by atoms with Crippen molar-refractivity contribution < 1.29 is 19.1 Å². The first-order chi connectivity index (χ1) is 8.34. The van der Waals surface area contributed by atoms with Crippen LogP contribution in [0.25, 0.3) is 0 Å². The second-order valence-corrected chi connectivity index (χ2v) is 4.06. The van der Waals surface area contributed by atoms with E-state index in [1.54, 1.807) is 14.1 Å². The Kier molecular flexibility index (Phi) is 4.25. The lowest BCUT2D eigenvalue weighted by Crippen LogP contribution is -2.44. The highest BCUT2D eigenvalue weighted by Crippen LogP contribution is 2.19. The van der Waals surface area contributed by atoms with Gasteiger partial charge < -0.3 is 15.3 Å². The molecule has 0 aliphatic heterocycles. The quantitative estimate of drug-likeness (QED) is 0.835. The van der Waals surface area contributed by atoms with Crippen LogP contribution in [0.1, 0.15) is 17.3 Å². The fourth-order valence-electron chi connectivity index (χ4n) is 1.46. The molecule has 0 saturated carbocycles. The Morgan fingerprint density at radius 2 is 2.00 bits per heavy atom. The van der Waals surface area contributed by atoms with E-state index in [1.165, 1.54) is 24.0 Å². The van der Waals surface area contributed by atoms with E-state index < -0.39 is 29.1 Å². The highest BCUT2D eigenvalue weighted by molar-refractivity contribution is 5.99. The lowest BCUT2D eigenvalue weighted by molar-refractivity contribution is -0.130. The number of halogens is 1. The van der Waals surface area contributed by atoms with Gasteiger partial charge in [-0.25, -0.2) is 4.39 Å². The molecule has 1 aromatic rings. The van der Waals surface area contributed by atoms with Crippen LogP contribution in [0.3, 0.4) is 0 Å². The monoisotopic (exact) mass is 254 g/mol. The summed E-state index contributed by atoms with van der Waals surface area (Å²) in [6.45, 7) is 1.48. The fraction of sp³-hybridized carbons (Fsp3) is 0.333. The lowest BCUT2D eigenvalue weighted by atomic mass is 10.1. The van der Waals surface area contributed by atoms with Gasteiger partial charge in [-0.3, -0.25) is 9.59 Å². The first-order valence-electron chi connectivity index (χ1n) is 5.34. The zero-order valence-electron chi connectivity index (χ0n) is 10.4. The summed E-state index contributed by atoms with van der Waals surface area (Å²) < 4.78 is 13.4. The van der Waals surface area contributed by atoms with Crippen molar-refractivity contribution in [1.82, 2.24) is 10.2 Å². The summed E-state index contributed by atoms with van der Waals surface area (Å²) in [5.41, 5.74) is -0.462. The van der Waals surface area contributed by atoms with Crippen LogP contribution in [0.2, 0.25) is 0 Å². The van der Waals surface area contributed by atoms with E-state index >= 15 is 0 Å². The Bertz CT molecular complexity index is 454. The van der Waals surface area contributed by atoms with Crippen LogP contribution >= 0.6 is 0 Å². The number of nitrogens with zero attached hydrogens (tertiary/aromatic N) is 1. The predicted octanol–water partition coefficient (Wildman–Crippen LogP) is 0.738. The third-order valence-corrected chi connectivity index (χ3v) is 2.38. The van der Waals surface area contributed by atoms with Gasteiger partial charge in [0.25, 0.3) is 5.91 Å². The molecular weight excluding hydrogens is 239 g/mol. The number of likely N-dealkylation sites (N-methyl/N-ethyl adjacent to an activating group) is 1. The highest BCUT2D eigenvalue weighted by Gasteiger charge is 2.22. The number of nitrogens with one attached hydrogen (secondary N) is 1. The summed E-state index contributed by atoms with van der Waals surface area (Å²) in [5, 5.41) is 11.8. The SMILES string of the molecule is CC(NC(=O)c1c(O)cccc1F)C(=O)N(C)C. The molecule has 0 aliphatic carbocycles. The van der Waals surface area contributed by atoms with Gasteiger partial charge >= 0.3 is 0 Å². The minimum absolute atomic E-state index is 0.320. The van der Waals surface area contributed by atoms with Crippen molar-refractivity contribution in [2.75, 3.05) is 14.1 Å². The van der Waals surface area contributed by atoms with Crippen LogP contribution in [0, 0.1) is 5.82 Å². The molecule has 0 aliphatic rings. The molecule has 5 nitrogen and oxygen atoms in total. The number of phenols is 1. The number of rotatable bonds is 3. The van der Waals surface area contributed by atoms with Crippen LogP contribution in [0.15, 0.2) is 18.2 Å². The Morgan fingerprint density at radius 3 is 2.50 bits per heavy atom. The summed E-state index contributed by atoms with van der Waals surface area (Å²) in [7, 11) is 3.09. The molecule has 0 heterocycles. The number of hydrogen-bond acceptors (Lipinski definition) is 3. The molecule has 98 valence electrons. The number of amides is 2. The lowest BCUT2D eigenvalue weighted by Gasteiger charge is -2.18.